The Hall–Kier alpha value is -4.09. The third kappa shape index (κ3) is 11.1. The summed E-state index contributed by atoms with van der Waals surface area (Å²) in [6.07, 6.45) is 7.12. The van der Waals surface area contributed by atoms with Crippen LogP contribution in [0.3, 0.4) is 0 Å². The molecular formula is C34H52N6O6. The van der Waals surface area contributed by atoms with Crippen molar-refractivity contribution in [3.05, 3.63) is 47.8 Å². The number of aromatic nitrogens is 2. The molecular weight excluding hydrogens is 588 g/mol. The van der Waals surface area contributed by atoms with Gasteiger partial charge in [-0.05, 0) is 77.0 Å². The number of likely N-dealkylation sites (N-methyl/N-ethyl adjacent to an activating group) is 2. The van der Waals surface area contributed by atoms with Crippen LogP contribution in [0.1, 0.15) is 75.2 Å². The molecule has 0 fully saturated rings. The lowest BCUT2D eigenvalue weighted by Crippen LogP contribution is -2.49. The topological polar surface area (TPSA) is 118 Å². The van der Waals surface area contributed by atoms with Crippen LogP contribution in [-0.4, -0.2) is 119 Å². The molecule has 1 aromatic heterocycles. The molecule has 0 radical (unpaired) electrons. The fourth-order valence-corrected chi connectivity index (χ4v) is 5.35. The zero-order valence-electron chi connectivity index (χ0n) is 28.7. The summed E-state index contributed by atoms with van der Waals surface area (Å²) in [5.74, 6) is -0.0448. The molecule has 12 heteroatoms. The number of rotatable bonds is 7. The lowest BCUT2D eigenvalue weighted by atomic mass is 10.1. The maximum absolute atomic E-state index is 13.8. The maximum Gasteiger partial charge on any atom is 0.410 e. The molecule has 1 aromatic carbocycles. The van der Waals surface area contributed by atoms with Crippen molar-refractivity contribution in [2.75, 3.05) is 53.9 Å². The highest BCUT2D eigenvalue weighted by Crippen LogP contribution is 2.23. The Bertz CT molecular complexity index is 1320. The van der Waals surface area contributed by atoms with E-state index in [-0.39, 0.29) is 23.8 Å². The summed E-state index contributed by atoms with van der Waals surface area (Å²) in [5, 5.41) is 4.15. The van der Waals surface area contributed by atoms with Crippen LogP contribution in [0.5, 0.6) is 5.75 Å². The highest BCUT2D eigenvalue weighted by Gasteiger charge is 2.31. The SMILES string of the molecule is CN(CCC[C@H]1C(=O)N(C)CCCCN(C(=O)OC(C)(C)C)CCCOc2ccccc2C(=O)N1C)C(=O)CCc1cnn(C)c1. The molecule has 0 aliphatic carbocycles. The van der Waals surface area contributed by atoms with Crippen LogP contribution in [0.4, 0.5) is 4.79 Å². The first kappa shape index (κ1) is 36.4. The first-order valence-corrected chi connectivity index (χ1v) is 16.2. The molecule has 2 heterocycles. The van der Waals surface area contributed by atoms with Crippen LogP contribution < -0.4 is 4.74 Å². The van der Waals surface area contributed by atoms with Crippen molar-refractivity contribution in [3.8, 4) is 5.75 Å². The summed E-state index contributed by atoms with van der Waals surface area (Å²) in [4.78, 5) is 59.9. The highest BCUT2D eigenvalue weighted by atomic mass is 16.6. The number of benzene rings is 1. The number of hydrogen-bond acceptors (Lipinski definition) is 7. The zero-order valence-corrected chi connectivity index (χ0v) is 28.7. The molecule has 1 atom stereocenters. The van der Waals surface area contributed by atoms with Crippen molar-refractivity contribution in [1.29, 1.82) is 0 Å². The van der Waals surface area contributed by atoms with Gasteiger partial charge in [-0.2, -0.15) is 5.10 Å². The van der Waals surface area contributed by atoms with Gasteiger partial charge in [-0.15, -0.1) is 0 Å². The second-order valence-corrected chi connectivity index (χ2v) is 13.0. The second-order valence-electron chi connectivity index (χ2n) is 13.0. The number of carbonyl (C=O) groups is 4. The number of carbonyl (C=O) groups excluding carboxylic acids is 4. The van der Waals surface area contributed by atoms with Crippen molar-refractivity contribution in [1.82, 2.24) is 29.4 Å². The van der Waals surface area contributed by atoms with Gasteiger partial charge in [-0.3, -0.25) is 19.1 Å². The van der Waals surface area contributed by atoms with Gasteiger partial charge in [0.05, 0.1) is 18.4 Å². The van der Waals surface area contributed by atoms with Crippen LogP contribution >= 0.6 is 0 Å². The first-order valence-electron chi connectivity index (χ1n) is 16.2. The van der Waals surface area contributed by atoms with Crippen molar-refractivity contribution in [2.45, 2.75) is 77.4 Å². The van der Waals surface area contributed by atoms with Crippen LogP contribution in [0, 0.1) is 0 Å². The van der Waals surface area contributed by atoms with E-state index in [1.165, 1.54) is 4.90 Å². The molecule has 4 amide bonds. The molecule has 0 saturated heterocycles. The van der Waals surface area contributed by atoms with Gasteiger partial charge in [0.15, 0.2) is 0 Å². The van der Waals surface area contributed by atoms with E-state index >= 15 is 0 Å². The minimum atomic E-state index is -0.726. The second kappa shape index (κ2) is 17.0. The largest absolute Gasteiger partial charge is 0.493 e. The Morgan fingerprint density at radius 2 is 1.74 bits per heavy atom. The lowest BCUT2D eigenvalue weighted by Gasteiger charge is -2.32. The number of fused-ring (bicyclic) bond motifs is 1. The molecule has 2 aromatic rings. The smallest absolute Gasteiger partial charge is 0.410 e. The van der Waals surface area contributed by atoms with E-state index in [4.69, 9.17) is 9.47 Å². The lowest BCUT2D eigenvalue weighted by molar-refractivity contribution is -0.134. The van der Waals surface area contributed by atoms with Crippen LogP contribution in [0.15, 0.2) is 36.7 Å². The molecule has 0 saturated carbocycles. The molecule has 0 spiro atoms. The van der Waals surface area contributed by atoms with Crippen molar-refractivity contribution < 1.29 is 28.7 Å². The Morgan fingerprint density at radius 1 is 1.04 bits per heavy atom. The van der Waals surface area contributed by atoms with Gasteiger partial charge >= 0.3 is 6.09 Å². The Kier molecular flexibility index (Phi) is 13.4. The molecule has 0 bridgehead atoms. The minimum Gasteiger partial charge on any atom is -0.493 e. The molecule has 12 nitrogen and oxygen atoms in total. The average molecular weight is 641 g/mol. The first-order chi connectivity index (χ1) is 21.8. The van der Waals surface area contributed by atoms with Gasteiger partial charge in [-0.1, -0.05) is 12.1 Å². The number of amides is 4. The van der Waals surface area contributed by atoms with Gasteiger partial charge in [0.25, 0.3) is 5.91 Å². The standard InChI is InChI=1S/C34H52N6O6/c1-34(2,3)46-33(44)40-21-11-10-19-37(5)32(43)28(15-12-20-36(4)30(41)18-17-26-24-35-38(6)25-26)39(7)31(42)27-14-8-9-16-29(27)45-23-13-22-40/h8-9,14,16,24-25,28H,10-13,15,17-23H2,1-7H3/t28-/m0/s1. The van der Waals surface area contributed by atoms with Crippen molar-refractivity contribution in [2.24, 2.45) is 7.05 Å². The third-order valence-electron chi connectivity index (χ3n) is 8.00. The zero-order chi connectivity index (χ0) is 33.9. The number of hydrogen-bond donors (Lipinski definition) is 0. The number of para-hydroxylation sites is 1. The van der Waals surface area contributed by atoms with Gasteiger partial charge in [0.2, 0.25) is 11.8 Å². The maximum atomic E-state index is 13.8. The predicted octanol–water partition coefficient (Wildman–Crippen LogP) is 3.99. The number of ether oxygens (including phenoxy) is 2. The number of aryl methyl sites for hydroxylation is 2. The molecule has 0 N–H and O–H groups in total. The van der Waals surface area contributed by atoms with E-state index in [2.05, 4.69) is 5.10 Å². The molecule has 1 aliphatic rings. The van der Waals surface area contributed by atoms with Crippen molar-refractivity contribution in [3.63, 3.8) is 0 Å². The fourth-order valence-electron chi connectivity index (χ4n) is 5.35. The molecule has 0 unspecified atom stereocenters. The van der Waals surface area contributed by atoms with Crippen LogP contribution in [0.2, 0.25) is 0 Å². The van der Waals surface area contributed by atoms with E-state index in [1.807, 2.05) is 34.0 Å². The molecule has 254 valence electrons. The quantitative estimate of drug-likeness (QED) is 0.449. The van der Waals surface area contributed by atoms with Gasteiger partial charge in [-0.25, -0.2) is 4.79 Å². The molecule has 3 rings (SSSR count). The van der Waals surface area contributed by atoms with Crippen LogP contribution in [-0.2, 0) is 27.8 Å². The summed E-state index contributed by atoms with van der Waals surface area (Å²) < 4.78 is 13.4. The van der Waals surface area contributed by atoms with Gasteiger partial charge in [0, 0.05) is 67.0 Å². The van der Waals surface area contributed by atoms with Crippen LogP contribution in [0.25, 0.3) is 0 Å². The summed E-state index contributed by atoms with van der Waals surface area (Å²) >= 11 is 0. The van der Waals surface area contributed by atoms with E-state index in [0.717, 1.165) is 5.56 Å². The van der Waals surface area contributed by atoms with Crippen molar-refractivity contribution >= 4 is 23.8 Å². The van der Waals surface area contributed by atoms with E-state index < -0.39 is 11.6 Å². The Balaban J connectivity index is 1.72. The number of nitrogens with zero attached hydrogens (tertiary/aromatic N) is 6. The monoisotopic (exact) mass is 640 g/mol. The summed E-state index contributed by atoms with van der Waals surface area (Å²) in [5.41, 5.74) is 0.757. The van der Waals surface area contributed by atoms with Gasteiger partial charge in [0.1, 0.15) is 17.4 Å². The normalized spacial score (nSPS) is 17.4. The van der Waals surface area contributed by atoms with E-state index in [0.29, 0.717) is 89.0 Å². The average Bonchev–Trinajstić information content (AvgIpc) is 3.43. The fraction of sp³-hybridized carbons (Fsp3) is 0.618. The highest BCUT2D eigenvalue weighted by molar-refractivity contribution is 5.99. The molecule has 46 heavy (non-hydrogen) atoms. The van der Waals surface area contributed by atoms with E-state index in [1.54, 1.807) is 71.0 Å². The predicted molar refractivity (Wildman–Crippen MR) is 176 cm³/mol. The van der Waals surface area contributed by atoms with E-state index in [9.17, 15) is 19.2 Å². The minimum absolute atomic E-state index is 0.0150. The summed E-state index contributed by atoms with van der Waals surface area (Å²) in [6, 6.07) is 6.28. The summed E-state index contributed by atoms with van der Waals surface area (Å²) in [6.45, 7) is 7.71. The Labute approximate surface area is 273 Å². The van der Waals surface area contributed by atoms with Gasteiger partial charge < -0.3 is 29.1 Å². The molecule has 1 aliphatic heterocycles. The summed E-state index contributed by atoms with van der Waals surface area (Å²) in [7, 11) is 7.01. The third-order valence-corrected chi connectivity index (χ3v) is 8.00. The Morgan fingerprint density at radius 3 is 2.43 bits per heavy atom.